The van der Waals surface area contributed by atoms with E-state index in [-0.39, 0.29) is 17.0 Å². The normalized spacial score (nSPS) is 20.2. The van der Waals surface area contributed by atoms with Crippen LogP contribution in [-0.4, -0.2) is 37.1 Å². The van der Waals surface area contributed by atoms with Crippen molar-refractivity contribution in [3.05, 3.63) is 42.2 Å². The van der Waals surface area contributed by atoms with E-state index in [1.54, 1.807) is 36.7 Å². The number of aromatic nitrogens is 2. The zero-order valence-corrected chi connectivity index (χ0v) is 16.4. The molecule has 0 amide bonds. The smallest absolute Gasteiger partial charge is 0.316 e. The van der Waals surface area contributed by atoms with Crippen molar-refractivity contribution in [2.45, 2.75) is 56.6 Å². The Morgan fingerprint density at radius 2 is 1.85 bits per heavy atom. The summed E-state index contributed by atoms with van der Waals surface area (Å²) in [7, 11) is -3.56. The third-order valence-corrected chi connectivity index (χ3v) is 6.08. The van der Waals surface area contributed by atoms with Crippen molar-refractivity contribution >= 4 is 10.0 Å². The monoisotopic (exact) mass is 391 g/mol. The van der Waals surface area contributed by atoms with E-state index in [4.69, 9.17) is 9.47 Å². The lowest BCUT2D eigenvalue weighted by molar-refractivity contribution is 0.132. The molecule has 3 rings (SSSR count). The lowest BCUT2D eigenvalue weighted by Crippen LogP contribution is -2.39. The van der Waals surface area contributed by atoms with Gasteiger partial charge in [-0.3, -0.25) is 0 Å². The fourth-order valence-corrected chi connectivity index (χ4v) is 4.58. The van der Waals surface area contributed by atoms with Crippen molar-refractivity contribution in [3.8, 4) is 11.8 Å². The van der Waals surface area contributed by atoms with Crippen LogP contribution < -0.4 is 14.2 Å². The summed E-state index contributed by atoms with van der Waals surface area (Å²) in [6, 6.07) is 6.94. The number of nitrogens with zero attached hydrogens (tertiary/aromatic N) is 2. The maximum atomic E-state index is 12.7. The summed E-state index contributed by atoms with van der Waals surface area (Å²) in [5.74, 6) is 0.706. The second kappa shape index (κ2) is 8.67. The van der Waals surface area contributed by atoms with Gasteiger partial charge in [-0.05, 0) is 69.4 Å². The van der Waals surface area contributed by atoms with Gasteiger partial charge in [-0.25, -0.2) is 23.1 Å². The standard InChI is InChI=1S/C19H25N3O4S/c1-3-25-18-10-9-17(13-14(18)2)27(23,24)22-15-5-7-16(8-6-15)26-19-20-11-4-12-21-19/h4,9-13,15-16,22H,3,5-8H2,1-2H3. The zero-order chi connectivity index (χ0) is 19.3. The van der Waals surface area contributed by atoms with E-state index in [0.717, 1.165) is 18.4 Å². The number of hydrogen-bond acceptors (Lipinski definition) is 6. The summed E-state index contributed by atoms with van der Waals surface area (Å²) in [6.45, 7) is 4.29. The van der Waals surface area contributed by atoms with Crippen molar-refractivity contribution in [1.29, 1.82) is 0 Å². The van der Waals surface area contributed by atoms with Crippen molar-refractivity contribution in [1.82, 2.24) is 14.7 Å². The Labute approximate surface area is 160 Å². The molecular formula is C19H25N3O4S. The van der Waals surface area contributed by atoms with Gasteiger partial charge in [0.2, 0.25) is 10.0 Å². The molecule has 1 fully saturated rings. The zero-order valence-electron chi connectivity index (χ0n) is 15.6. The Kier molecular flexibility index (Phi) is 6.28. The number of aryl methyl sites for hydroxylation is 1. The van der Waals surface area contributed by atoms with Crippen LogP contribution in [0.5, 0.6) is 11.8 Å². The first kappa shape index (κ1) is 19.6. The van der Waals surface area contributed by atoms with Crippen LogP contribution in [-0.2, 0) is 10.0 Å². The summed E-state index contributed by atoms with van der Waals surface area (Å²) < 4.78 is 39.4. The van der Waals surface area contributed by atoms with Crippen molar-refractivity contribution in [2.24, 2.45) is 0 Å². The lowest BCUT2D eigenvalue weighted by atomic mass is 9.94. The fourth-order valence-electron chi connectivity index (χ4n) is 3.19. The molecule has 2 aromatic rings. The van der Waals surface area contributed by atoms with Gasteiger partial charge >= 0.3 is 6.01 Å². The Hall–Kier alpha value is -2.19. The predicted molar refractivity (Wildman–Crippen MR) is 101 cm³/mol. The molecule has 1 N–H and O–H groups in total. The van der Waals surface area contributed by atoms with E-state index in [1.807, 2.05) is 13.8 Å². The van der Waals surface area contributed by atoms with E-state index < -0.39 is 10.0 Å². The van der Waals surface area contributed by atoms with Gasteiger partial charge in [0.15, 0.2) is 0 Å². The topological polar surface area (TPSA) is 90.4 Å². The molecule has 1 saturated carbocycles. The van der Waals surface area contributed by atoms with E-state index >= 15 is 0 Å². The Balaban J connectivity index is 1.57. The highest BCUT2D eigenvalue weighted by molar-refractivity contribution is 7.89. The number of ether oxygens (including phenoxy) is 2. The minimum Gasteiger partial charge on any atom is -0.494 e. The molecule has 1 aliphatic rings. The minimum atomic E-state index is -3.56. The Bertz CT molecular complexity index is 851. The largest absolute Gasteiger partial charge is 0.494 e. The summed E-state index contributed by atoms with van der Waals surface area (Å²) in [6.07, 6.45) is 6.24. The first-order chi connectivity index (χ1) is 13.0. The van der Waals surface area contributed by atoms with Gasteiger partial charge < -0.3 is 9.47 Å². The SMILES string of the molecule is CCOc1ccc(S(=O)(=O)NC2CCC(Oc3ncccn3)CC2)cc1C. The third-order valence-electron chi connectivity index (χ3n) is 4.57. The summed E-state index contributed by atoms with van der Waals surface area (Å²) in [4.78, 5) is 8.39. The van der Waals surface area contributed by atoms with E-state index in [0.29, 0.717) is 31.2 Å². The molecule has 0 aliphatic heterocycles. The maximum Gasteiger partial charge on any atom is 0.316 e. The molecule has 1 aromatic carbocycles. The molecule has 0 bridgehead atoms. The van der Waals surface area contributed by atoms with Gasteiger partial charge in [-0.2, -0.15) is 0 Å². The average molecular weight is 391 g/mol. The molecular weight excluding hydrogens is 366 g/mol. The van der Waals surface area contributed by atoms with Crippen LogP contribution in [0.2, 0.25) is 0 Å². The van der Waals surface area contributed by atoms with Gasteiger partial charge in [-0.15, -0.1) is 0 Å². The first-order valence-electron chi connectivity index (χ1n) is 9.17. The van der Waals surface area contributed by atoms with Crippen molar-refractivity contribution in [2.75, 3.05) is 6.61 Å². The molecule has 8 heteroatoms. The highest BCUT2D eigenvalue weighted by atomic mass is 32.2. The summed E-state index contributed by atoms with van der Waals surface area (Å²) >= 11 is 0. The number of hydrogen-bond donors (Lipinski definition) is 1. The molecule has 1 aliphatic carbocycles. The van der Waals surface area contributed by atoms with Crippen LogP contribution in [0.1, 0.15) is 38.2 Å². The van der Waals surface area contributed by atoms with Crippen LogP contribution in [0, 0.1) is 6.92 Å². The van der Waals surface area contributed by atoms with Gasteiger partial charge in [0.05, 0.1) is 11.5 Å². The molecule has 0 saturated heterocycles. The quantitative estimate of drug-likeness (QED) is 0.780. The van der Waals surface area contributed by atoms with E-state index in [2.05, 4.69) is 14.7 Å². The highest BCUT2D eigenvalue weighted by Gasteiger charge is 2.27. The molecule has 7 nitrogen and oxygen atoms in total. The minimum absolute atomic E-state index is 0.0147. The predicted octanol–water partition coefficient (Wildman–Crippen LogP) is 2.85. The highest BCUT2D eigenvalue weighted by Crippen LogP contribution is 2.25. The molecule has 27 heavy (non-hydrogen) atoms. The second-order valence-electron chi connectivity index (χ2n) is 6.60. The van der Waals surface area contributed by atoms with Gasteiger partial charge in [0.1, 0.15) is 11.9 Å². The molecule has 146 valence electrons. The molecule has 1 heterocycles. The van der Waals surface area contributed by atoms with E-state index in [9.17, 15) is 8.42 Å². The lowest BCUT2D eigenvalue weighted by Gasteiger charge is -2.28. The number of rotatable bonds is 7. The average Bonchev–Trinajstić information content (AvgIpc) is 2.66. The number of benzene rings is 1. The van der Waals surface area contributed by atoms with Crippen molar-refractivity contribution in [3.63, 3.8) is 0 Å². The van der Waals surface area contributed by atoms with Crippen LogP contribution in [0.3, 0.4) is 0 Å². The van der Waals surface area contributed by atoms with Gasteiger partial charge in [0, 0.05) is 18.4 Å². The molecule has 0 radical (unpaired) electrons. The summed E-state index contributed by atoms with van der Waals surface area (Å²) in [5, 5.41) is 0. The fraction of sp³-hybridized carbons (Fsp3) is 0.474. The molecule has 0 atom stereocenters. The first-order valence-corrected chi connectivity index (χ1v) is 10.7. The van der Waals surface area contributed by atoms with Crippen LogP contribution >= 0.6 is 0 Å². The van der Waals surface area contributed by atoms with Crippen LogP contribution in [0.25, 0.3) is 0 Å². The third kappa shape index (κ3) is 5.17. The Morgan fingerprint density at radius 1 is 1.15 bits per heavy atom. The Morgan fingerprint density at radius 3 is 2.48 bits per heavy atom. The van der Waals surface area contributed by atoms with Gasteiger partial charge in [-0.1, -0.05) is 0 Å². The second-order valence-corrected chi connectivity index (χ2v) is 8.32. The number of nitrogens with one attached hydrogen (secondary N) is 1. The molecule has 0 spiro atoms. The van der Waals surface area contributed by atoms with Crippen molar-refractivity contribution < 1.29 is 17.9 Å². The number of sulfonamides is 1. The maximum absolute atomic E-state index is 12.7. The van der Waals surface area contributed by atoms with Gasteiger partial charge in [0.25, 0.3) is 0 Å². The summed E-state index contributed by atoms with van der Waals surface area (Å²) in [5.41, 5.74) is 0.805. The van der Waals surface area contributed by atoms with Crippen LogP contribution in [0.15, 0.2) is 41.6 Å². The van der Waals surface area contributed by atoms with Crippen LogP contribution in [0.4, 0.5) is 0 Å². The molecule has 0 unspecified atom stereocenters. The van der Waals surface area contributed by atoms with E-state index in [1.165, 1.54) is 0 Å². The molecule has 1 aromatic heterocycles.